The third-order valence-electron chi connectivity index (χ3n) is 2.51. The molecule has 1 atom stereocenters. The Morgan fingerprint density at radius 2 is 2.62 bits per heavy atom. The first-order valence-corrected chi connectivity index (χ1v) is 4.97. The summed E-state index contributed by atoms with van der Waals surface area (Å²) in [6.45, 7) is 5.37. The van der Waals surface area contributed by atoms with E-state index in [0.717, 1.165) is 37.8 Å². The van der Waals surface area contributed by atoms with Crippen molar-refractivity contribution in [3.05, 3.63) is 12.2 Å². The highest BCUT2D eigenvalue weighted by Gasteiger charge is 2.15. The number of hydrogen-bond donors (Lipinski definition) is 1. The van der Waals surface area contributed by atoms with E-state index >= 15 is 0 Å². The number of nitrogens with zero attached hydrogens (tertiary/aromatic N) is 3. The molecule has 1 aliphatic heterocycles. The van der Waals surface area contributed by atoms with Crippen LogP contribution in [0.3, 0.4) is 0 Å². The summed E-state index contributed by atoms with van der Waals surface area (Å²) in [5.41, 5.74) is 0. The first-order chi connectivity index (χ1) is 6.38. The van der Waals surface area contributed by atoms with Gasteiger partial charge in [0.15, 0.2) is 0 Å². The van der Waals surface area contributed by atoms with E-state index in [4.69, 9.17) is 0 Å². The smallest absolute Gasteiger partial charge is 0.150 e. The van der Waals surface area contributed by atoms with E-state index in [9.17, 15) is 0 Å². The van der Waals surface area contributed by atoms with Crippen LogP contribution in [0.4, 0.5) is 0 Å². The second-order valence-electron chi connectivity index (χ2n) is 3.60. The number of rotatable bonds is 3. The van der Waals surface area contributed by atoms with E-state index in [2.05, 4.69) is 22.3 Å². The molecule has 4 nitrogen and oxygen atoms in total. The molecule has 1 saturated heterocycles. The molecule has 2 heterocycles. The maximum absolute atomic E-state index is 4.37. The van der Waals surface area contributed by atoms with Gasteiger partial charge in [-0.2, -0.15) is 5.10 Å². The van der Waals surface area contributed by atoms with Gasteiger partial charge in [0.25, 0.3) is 0 Å². The van der Waals surface area contributed by atoms with Gasteiger partial charge >= 0.3 is 0 Å². The number of hydrogen-bond acceptors (Lipinski definition) is 3. The Balaban J connectivity index is 1.92. The van der Waals surface area contributed by atoms with Crippen LogP contribution < -0.4 is 5.32 Å². The van der Waals surface area contributed by atoms with Gasteiger partial charge < -0.3 is 5.32 Å². The van der Waals surface area contributed by atoms with E-state index < -0.39 is 0 Å². The van der Waals surface area contributed by atoms with Gasteiger partial charge in [-0.25, -0.2) is 4.98 Å². The molecule has 0 saturated carbocycles. The normalized spacial score (nSPS) is 22.4. The quantitative estimate of drug-likeness (QED) is 0.734. The van der Waals surface area contributed by atoms with Crippen molar-refractivity contribution >= 4 is 0 Å². The SMILES string of the molecule is CCc1ncn(CC2CCNC2)n1. The van der Waals surface area contributed by atoms with Crippen molar-refractivity contribution in [1.29, 1.82) is 0 Å². The summed E-state index contributed by atoms with van der Waals surface area (Å²) < 4.78 is 1.97. The molecule has 1 fully saturated rings. The molecular formula is C9H16N4. The van der Waals surface area contributed by atoms with Crippen LogP contribution in [0.2, 0.25) is 0 Å². The summed E-state index contributed by atoms with van der Waals surface area (Å²) in [6, 6.07) is 0. The Morgan fingerprint density at radius 3 is 3.23 bits per heavy atom. The molecule has 1 aromatic rings. The van der Waals surface area contributed by atoms with Gasteiger partial charge in [0.2, 0.25) is 0 Å². The molecular weight excluding hydrogens is 164 g/mol. The number of nitrogens with one attached hydrogen (secondary N) is 1. The lowest BCUT2D eigenvalue weighted by molar-refractivity contribution is 0.447. The summed E-state index contributed by atoms with van der Waals surface area (Å²) in [6.07, 6.45) is 4.04. The molecule has 1 unspecified atom stereocenters. The summed E-state index contributed by atoms with van der Waals surface area (Å²) in [7, 11) is 0. The lowest BCUT2D eigenvalue weighted by Gasteiger charge is -2.06. The van der Waals surface area contributed by atoms with Crippen molar-refractivity contribution in [3.63, 3.8) is 0 Å². The highest BCUT2D eigenvalue weighted by atomic mass is 15.3. The van der Waals surface area contributed by atoms with Gasteiger partial charge in [-0.3, -0.25) is 4.68 Å². The average molecular weight is 180 g/mol. The minimum absolute atomic E-state index is 0.742. The van der Waals surface area contributed by atoms with Gasteiger partial charge in [-0.1, -0.05) is 6.92 Å². The Morgan fingerprint density at radius 1 is 1.69 bits per heavy atom. The summed E-state index contributed by atoms with van der Waals surface area (Å²) in [5.74, 6) is 1.69. The molecule has 4 heteroatoms. The fraction of sp³-hybridized carbons (Fsp3) is 0.778. The monoisotopic (exact) mass is 180 g/mol. The molecule has 0 spiro atoms. The number of aryl methyl sites for hydroxylation is 1. The number of aromatic nitrogens is 3. The zero-order valence-corrected chi connectivity index (χ0v) is 8.03. The first-order valence-electron chi connectivity index (χ1n) is 4.97. The highest BCUT2D eigenvalue weighted by molar-refractivity contribution is 4.81. The third-order valence-corrected chi connectivity index (χ3v) is 2.51. The fourth-order valence-electron chi connectivity index (χ4n) is 1.72. The van der Waals surface area contributed by atoms with E-state index in [1.165, 1.54) is 6.42 Å². The standard InChI is InChI=1S/C9H16N4/c1-2-9-11-7-13(12-9)6-8-3-4-10-5-8/h7-8,10H,2-6H2,1H3. The van der Waals surface area contributed by atoms with E-state index in [-0.39, 0.29) is 0 Å². The van der Waals surface area contributed by atoms with Gasteiger partial charge in [-0.15, -0.1) is 0 Å². The summed E-state index contributed by atoms with van der Waals surface area (Å²) in [4.78, 5) is 4.21. The van der Waals surface area contributed by atoms with Crippen molar-refractivity contribution in [1.82, 2.24) is 20.1 Å². The van der Waals surface area contributed by atoms with Crippen molar-refractivity contribution in [2.24, 2.45) is 5.92 Å². The minimum Gasteiger partial charge on any atom is -0.316 e. The highest BCUT2D eigenvalue weighted by Crippen LogP contribution is 2.09. The maximum atomic E-state index is 4.37. The minimum atomic E-state index is 0.742. The first kappa shape index (κ1) is 8.69. The maximum Gasteiger partial charge on any atom is 0.150 e. The zero-order valence-electron chi connectivity index (χ0n) is 8.03. The van der Waals surface area contributed by atoms with Crippen LogP contribution in [0.5, 0.6) is 0 Å². The lowest BCUT2D eigenvalue weighted by Crippen LogP contribution is -2.14. The molecule has 0 aromatic carbocycles. The van der Waals surface area contributed by atoms with Crippen LogP contribution in [0.1, 0.15) is 19.2 Å². The van der Waals surface area contributed by atoms with Crippen molar-refractivity contribution < 1.29 is 0 Å². The van der Waals surface area contributed by atoms with Crippen LogP contribution in [0.15, 0.2) is 6.33 Å². The van der Waals surface area contributed by atoms with Crippen molar-refractivity contribution in [2.75, 3.05) is 13.1 Å². The van der Waals surface area contributed by atoms with E-state index in [1.807, 2.05) is 11.0 Å². The van der Waals surface area contributed by atoms with Crippen LogP contribution in [0.25, 0.3) is 0 Å². The second-order valence-corrected chi connectivity index (χ2v) is 3.60. The molecule has 2 rings (SSSR count). The molecule has 1 aromatic heterocycles. The van der Waals surface area contributed by atoms with Gasteiger partial charge in [0.05, 0.1) is 0 Å². The molecule has 0 amide bonds. The topological polar surface area (TPSA) is 42.7 Å². The zero-order chi connectivity index (χ0) is 9.10. The van der Waals surface area contributed by atoms with Crippen LogP contribution in [-0.4, -0.2) is 27.9 Å². The Bertz CT molecular complexity index is 262. The summed E-state index contributed by atoms with van der Waals surface area (Å²) in [5, 5.41) is 7.72. The third kappa shape index (κ3) is 2.06. The van der Waals surface area contributed by atoms with Crippen molar-refractivity contribution in [3.8, 4) is 0 Å². The molecule has 1 N–H and O–H groups in total. The molecule has 0 radical (unpaired) electrons. The van der Waals surface area contributed by atoms with Gasteiger partial charge in [0.1, 0.15) is 12.2 Å². The molecule has 72 valence electrons. The van der Waals surface area contributed by atoms with Crippen LogP contribution >= 0.6 is 0 Å². The Kier molecular flexibility index (Phi) is 2.59. The molecule has 1 aliphatic rings. The fourth-order valence-corrected chi connectivity index (χ4v) is 1.72. The average Bonchev–Trinajstić information content (AvgIpc) is 2.76. The lowest BCUT2D eigenvalue weighted by atomic mass is 10.1. The summed E-state index contributed by atoms with van der Waals surface area (Å²) >= 11 is 0. The Labute approximate surface area is 78.4 Å². The van der Waals surface area contributed by atoms with E-state index in [0.29, 0.717) is 0 Å². The predicted octanol–water partition coefficient (Wildman–Crippen LogP) is 0.450. The van der Waals surface area contributed by atoms with Gasteiger partial charge in [-0.05, 0) is 25.4 Å². The van der Waals surface area contributed by atoms with Crippen molar-refractivity contribution in [2.45, 2.75) is 26.3 Å². The molecule has 0 aliphatic carbocycles. The predicted molar refractivity (Wildman–Crippen MR) is 50.4 cm³/mol. The molecule has 13 heavy (non-hydrogen) atoms. The second kappa shape index (κ2) is 3.87. The van der Waals surface area contributed by atoms with Crippen LogP contribution in [-0.2, 0) is 13.0 Å². The van der Waals surface area contributed by atoms with Gasteiger partial charge in [0, 0.05) is 13.0 Å². The van der Waals surface area contributed by atoms with Crippen LogP contribution in [0, 0.1) is 5.92 Å². The molecule has 0 bridgehead atoms. The largest absolute Gasteiger partial charge is 0.316 e. The van der Waals surface area contributed by atoms with E-state index in [1.54, 1.807) is 0 Å². The Hall–Kier alpha value is -0.900.